The fourth-order valence-corrected chi connectivity index (χ4v) is 2.11. The van der Waals surface area contributed by atoms with Gasteiger partial charge in [0.2, 0.25) is 0 Å². The van der Waals surface area contributed by atoms with E-state index in [9.17, 15) is 5.11 Å². The summed E-state index contributed by atoms with van der Waals surface area (Å²) in [6.07, 6.45) is 2.11. The second kappa shape index (κ2) is 5.96. The molecule has 2 rings (SSSR count). The van der Waals surface area contributed by atoms with Gasteiger partial charge in [-0.3, -0.25) is 0 Å². The summed E-state index contributed by atoms with van der Waals surface area (Å²) in [5, 5.41) is 18.9. The lowest BCUT2D eigenvalue weighted by Gasteiger charge is -2.18. The van der Waals surface area contributed by atoms with Gasteiger partial charge < -0.3 is 14.9 Å². The van der Waals surface area contributed by atoms with Gasteiger partial charge in [-0.1, -0.05) is 36.4 Å². The summed E-state index contributed by atoms with van der Waals surface area (Å²) in [5.41, 5.74) is 2.01. The van der Waals surface area contributed by atoms with E-state index in [1.165, 1.54) is 0 Å². The largest absolute Gasteiger partial charge is 0.392 e. The smallest absolute Gasteiger partial charge is 0.0717 e. The summed E-state index contributed by atoms with van der Waals surface area (Å²) >= 11 is 0. The van der Waals surface area contributed by atoms with Crippen LogP contribution in [0.5, 0.6) is 0 Å². The Balaban J connectivity index is 1.80. The van der Waals surface area contributed by atoms with Crippen LogP contribution < -0.4 is 0 Å². The van der Waals surface area contributed by atoms with E-state index in [2.05, 4.69) is 0 Å². The topological polar surface area (TPSA) is 49.7 Å². The Bertz CT molecular complexity index is 372. The Kier molecular flexibility index (Phi) is 4.31. The van der Waals surface area contributed by atoms with Gasteiger partial charge in [0.25, 0.3) is 0 Å². The number of ether oxygens (including phenoxy) is 1. The molecule has 1 aromatic carbocycles. The van der Waals surface area contributed by atoms with Crippen LogP contribution in [0.4, 0.5) is 0 Å². The van der Waals surface area contributed by atoms with Gasteiger partial charge in [-0.15, -0.1) is 0 Å². The molecule has 0 bridgehead atoms. The van der Waals surface area contributed by atoms with E-state index in [-0.39, 0.29) is 12.5 Å². The van der Waals surface area contributed by atoms with Crippen LogP contribution in [0.2, 0.25) is 0 Å². The Morgan fingerprint density at radius 1 is 1.24 bits per heavy atom. The van der Waals surface area contributed by atoms with Crippen LogP contribution in [0.25, 0.3) is 0 Å². The summed E-state index contributed by atoms with van der Waals surface area (Å²) in [6, 6.07) is 9.93. The summed E-state index contributed by atoms with van der Waals surface area (Å²) in [7, 11) is 0. The average molecular weight is 234 g/mol. The molecule has 0 heterocycles. The zero-order chi connectivity index (χ0) is 12.1. The maximum Gasteiger partial charge on any atom is 0.0717 e. The molecule has 0 aromatic heterocycles. The molecular weight excluding hydrogens is 216 g/mol. The molecule has 1 aliphatic carbocycles. The van der Waals surface area contributed by atoms with E-state index < -0.39 is 6.10 Å². The number of hydrogen-bond acceptors (Lipinski definition) is 3. The van der Waals surface area contributed by atoms with E-state index in [1.54, 1.807) is 0 Å². The zero-order valence-electron chi connectivity index (χ0n) is 9.75. The summed E-state index contributed by atoms with van der Waals surface area (Å²) in [6.45, 7) is 1.02. The van der Waals surface area contributed by atoms with Crippen molar-refractivity contribution in [3.63, 3.8) is 0 Å². The molecule has 0 saturated carbocycles. The molecule has 2 atom stereocenters. The number of benzene rings is 1. The van der Waals surface area contributed by atoms with Crippen LogP contribution in [0.15, 0.2) is 42.0 Å². The predicted octanol–water partition coefficient (Wildman–Crippen LogP) is 1.50. The highest BCUT2D eigenvalue weighted by Crippen LogP contribution is 2.26. The highest BCUT2D eigenvalue weighted by molar-refractivity contribution is 5.17. The van der Waals surface area contributed by atoms with Gasteiger partial charge in [-0.05, 0) is 17.6 Å². The van der Waals surface area contributed by atoms with Gasteiger partial charge >= 0.3 is 0 Å². The maximum atomic E-state index is 9.74. The third-order valence-electron chi connectivity index (χ3n) is 3.15. The van der Waals surface area contributed by atoms with E-state index in [4.69, 9.17) is 9.84 Å². The number of aliphatic hydroxyl groups excluding tert-OH is 2. The minimum Gasteiger partial charge on any atom is -0.392 e. The first-order chi connectivity index (χ1) is 8.31. The van der Waals surface area contributed by atoms with Gasteiger partial charge in [0, 0.05) is 5.92 Å². The summed E-state index contributed by atoms with van der Waals surface area (Å²) in [4.78, 5) is 0. The third kappa shape index (κ3) is 3.16. The van der Waals surface area contributed by atoms with E-state index in [1.807, 2.05) is 36.4 Å². The molecule has 17 heavy (non-hydrogen) atoms. The predicted molar refractivity (Wildman–Crippen MR) is 65.4 cm³/mol. The molecule has 3 nitrogen and oxygen atoms in total. The van der Waals surface area contributed by atoms with Crippen molar-refractivity contribution in [2.75, 3.05) is 13.2 Å². The van der Waals surface area contributed by atoms with Crippen LogP contribution in [0.1, 0.15) is 12.0 Å². The van der Waals surface area contributed by atoms with Crippen LogP contribution in [-0.2, 0) is 11.3 Å². The van der Waals surface area contributed by atoms with Gasteiger partial charge in [0.15, 0.2) is 0 Å². The first kappa shape index (κ1) is 12.3. The third-order valence-corrected chi connectivity index (χ3v) is 3.15. The van der Waals surface area contributed by atoms with E-state index in [0.717, 1.165) is 11.1 Å². The lowest BCUT2D eigenvalue weighted by molar-refractivity contribution is 0.0410. The molecule has 0 aliphatic heterocycles. The van der Waals surface area contributed by atoms with Crippen molar-refractivity contribution >= 4 is 0 Å². The van der Waals surface area contributed by atoms with Crippen molar-refractivity contribution in [1.82, 2.24) is 0 Å². The molecule has 0 radical (unpaired) electrons. The van der Waals surface area contributed by atoms with Gasteiger partial charge in [-0.25, -0.2) is 0 Å². The van der Waals surface area contributed by atoms with Gasteiger partial charge in [0.1, 0.15) is 0 Å². The van der Waals surface area contributed by atoms with Crippen molar-refractivity contribution in [2.24, 2.45) is 5.92 Å². The highest BCUT2D eigenvalue weighted by atomic mass is 16.5. The van der Waals surface area contributed by atoms with Gasteiger partial charge in [0.05, 0.1) is 25.9 Å². The van der Waals surface area contributed by atoms with Crippen molar-refractivity contribution in [2.45, 2.75) is 19.1 Å². The van der Waals surface area contributed by atoms with Crippen molar-refractivity contribution in [3.8, 4) is 0 Å². The fraction of sp³-hybridized carbons (Fsp3) is 0.429. The Morgan fingerprint density at radius 3 is 2.71 bits per heavy atom. The molecular formula is C14H18O3. The lowest BCUT2D eigenvalue weighted by Crippen LogP contribution is -2.23. The minimum absolute atomic E-state index is 0.0103. The standard InChI is InChI=1S/C14H18O3/c15-8-12-6-7-14(16)13(12)10-17-9-11-4-2-1-3-5-11/h1-6,13-16H,7-10H2/t13-,14-/m0/s1. The van der Waals surface area contributed by atoms with Gasteiger partial charge in [-0.2, -0.15) is 0 Å². The molecule has 0 unspecified atom stereocenters. The van der Waals surface area contributed by atoms with Crippen LogP contribution in [0.3, 0.4) is 0 Å². The lowest BCUT2D eigenvalue weighted by atomic mass is 10.0. The van der Waals surface area contributed by atoms with Crippen LogP contribution in [-0.4, -0.2) is 29.5 Å². The second-order valence-electron chi connectivity index (χ2n) is 4.35. The first-order valence-corrected chi connectivity index (χ1v) is 5.90. The number of aliphatic hydroxyl groups is 2. The molecule has 0 fully saturated rings. The van der Waals surface area contributed by atoms with Crippen LogP contribution in [0, 0.1) is 5.92 Å². The molecule has 1 aromatic rings. The molecule has 2 N–H and O–H groups in total. The molecule has 0 saturated heterocycles. The highest BCUT2D eigenvalue weighted by Gasteiger charge is 2.27. The normalized spacial score (nSPS) is 23.8. The molecule has 0 spiro atoms. The average Bonchev–Trinajstić information content (AvgIpc) is 2.72. The Morgan fingerprint density at radius 2 is 2.00 bits per heavy atom. The monoisotopic (exact) mass is 234 g/mol. The fourth-order valence-electron chi connectivity index (χ4n) is 2.11. The maximum absolute atomic E-state index is 9.74. The second-order valence-corrected chi connectivity index (χ2v) is 4.35. The quantitative estimate of drug-likeness (QED) is 0.759. The molecule has 0 amide bonds. The van der Waals surface area contributed by atoms with E-state index >= 15 is 0 Å². The zero-order valence-corrected chi connectivity index (χ0v) is 9.75. The number of rotatable bonds is 5. The Hall–Kier alpha value is -1.16. The van der Waals surface area contributed by atoms with Crippen molar-refractivity contribution < 1.29 is 14.9 Å². The molecule has 92 valence electrons. The summed E-state index contributed by atoms with van der Waals surface area (Å²) in [5.74, 6) is -0.0521. The van der Waals surface area contributed by atoms with E-state index in [0.29, 0.717) is 19.6 Å². The summed E-state index contributed by atoms with van der Waals surface area (Å²) < 4.78 is 5.59. The molecule has 3 heteroatoms. The van der Waals surface area contributed by atoms with Crippen LogP contribution >= 0.6 is 0 Å². The van der Waals surface area contributed by atoms with Crippen molar-refractivity contribution in [3.05, 3.63) is 47.5 Å². The minimum atomic E-state index is -0.409. The van der Waals surface area contributed by atoms with Crippen molar-refractivity contribution in [1.29, 1.82) is 0 Å². The molecule has 1 aliphatic rings. The number of hydrogen-bond donors (Lipinski definition) is 2. The Labute approximate surface area is 101 Å². The first-order valence-electron chi connectivity index (χ1n) is 5.90. The SMILES string of the molecule is OCC1=CC[C@H](O)[C@H]1COCc1ccccc1.